The van der Waals surface area contributed by atoms with Crippen molar-refractivity contribution in [2.75, 3.05) is 39.4 Å². The number of nitrogens with zero attached hydrogens (tertiary/aromatic N) is 2. The third-order valence-electron chi connectivity index (χ3n) is 6.12. The van der Waals surface area contributed by atoms with Gasteiger partial charge in [-0.3, -0.25) is 14.5 Å². The Labute approximate surface area is 191 Å². The van der Waals surface area contributed by atoms with Crippen LogP contribution in [-0.4, -0.2) is 71.1 Å². The van der Waals surface area contributed by atoms with E-state index in [1.165, 1.54) is 35.2 Å². The number of ketones is 1. The van der Waals surface area contributed by atoms with Gasteiger partial charge in [-0.1, -0.05) is 29.8 Å². The number of hydrogen-bond donors (Lipinski definition) is 2. The molecule has 1 amide bonds. The fourth-order valence-electron chi connectivity index (χ4n) is 4.40. The minimum Gasteiger partial charge on any atom is -0.507 e. The van der Waals surface area contributed by atoms with E-state index < -0.39 is 29.3 Å². The van der Waals surface area contributed by atoms with Crippen molar-refractivity contribution in [3.05, 3.63) is 70.5 Å². The van der Waals surface area contributed by atoms with Gasteiger partial charge >= 0.3 is 0 Å². The lowest BCUT2D eigenvalue weighted by atomic mass is 9.94. The summed E-state index contributed by atoms with van der Waals surface area (Å²) in [6, 6.07) is 9.40. The predicted molar refractivity (Wildman–Crippen MR) is 120 cm³/mol. The predicted octanol–water partition coefficient (Wildman–Crippen LogP) is 2.98. The van der Waals surface area contributed by atoms with Crippen LogP contribution >= 0.6 is 0 Å². The van der Waals surface area contributed by atoms with Crippen molar-refractivity contribution in [3.8, 4) is 5.75 Å². The average molecular weight is 454 g/mol. The number of rotatable bonds is 6. The summed E-state index contributed by atoms with van der Waals surface area (Å²) in [6.45, 7) is 5.59. The summed E-state index contributed by atoms with van der Waals surface area (Å²) in [6.07, 6.45) is 0.577. The molecule has 0 aliphatic carbocycles. The monoisotopic (exact) mass is 454 g/mol. The summed E-state index contributed by atoms with van der Waals surface area (Å²) < 4.78 is 20.2. The van der Waals surface area contributed by atoms with Crippen LogP contribution in [0.2, 0.25) is 0 Å². The van der Waals surface area contributed by atoms with Gasteiger partial charge in [0.15, 0.2) is 0 Å². The van der Waals surface area contributed by atoms with Crippen LogP contribution in [0.3, 0.4) is 0 Å². The molecular formula is C25H27FN2O5. The molecule has 1 atom stereocenters. The molecule has 2 aliphatic heterocycles. The molecule has 8 heteroatoms. The highest BCUT2D eigenvalue weighted by Crippen LogP contribution is 2.41. The second kappa shape index (κ2) is 9.72. The maximum Gasteiger partial charge on any atom is 0.295 e. The molecule has 2 saturated heterocycles. The number of carbonyl (C=O) groups excluding carboxylic acids is 2. The summed E-state index contributed by atoms with van der Waals surface area (Å²) in [5.74, 6) is -3.02. The second-order valence-electron chi connectivity index (χ2n) is 8.34. The molecule has 2 aromatic rings. The third kappa shape index (κ3) is 4.62. The molecule has 0 saturated carbocycles. The molecule has 4 rings (SSSR count). The van der Waals surface area contributed by atoms with Gasteiger partial charge < -0.3 is 19.8 Å². The molecule has 2 N–H and O–H groups in total. The van der Waals surface area contributed by atoms with Crippen LogP contribution in [-0.2, 0) is 14.3 Å². The van der Waals surface area contributed by atoms with Gasteiger partial charge in [0, 0.05) is 31.7 Å². The Morgan fingerprint density at radius 1 is 1.12 bits per heavy atom. The molecule has 174 valence electrons. The first-order valence-corrected chi connectivity index (χ1v) is 11.0. The van der Waals surface area contributed by atoms with Gasteiger partial charge in [0.25, 0.3) is 11.7 Å². The van der Waals surface area contributed by atoms with Crippen LogP contribution < -0.4 is 0 Å². The van der Waals surface area contributed by atoms with Crippen molar-refractivity contribution >= 4 is 17.4 Å². The summed E-state index contributed by atoms with van der Waals surface area (Å²) in [4.78, 5) is 29.6. The third-order valence-corrected chi connectivity index (χ3v) is 6.12. The number of carbonyl (C=O) groups is 2. The number of likely N-dealkylation sites (tertiary alicyclic amines) is 1. The van der Waals surface area contributed by atoms with Gasteiger partial charge in [-0.2, -0.15) is 0 Å². The van der Waals surface area contributed by atoms with Crippen LogP contribution in [0.1, 0.15) is 29.2 Å². The SMILES string of the molecule is Cc1ccc(O)c(C(O)=C2C(=O)C(=O)N(CCCN3CCOCC3)[C@@H]2c2ccccc2F)c1. The van der Waals surface area contributed by atoms with Crippen LogP contribution in [0, 0.1) is 12.7 Å². The second-order valence-corrected chi connectivity index (χ2v) is 8.34. The number of hydrogen-bond acceptors (Lipinski definition) is 6. The van der Waals surface area contributed by atoms with Gasteiger partial charge in [0.05, 0.1) is 30.4 Å². The normalized spacial score (nSPS) is 21.0. The van der Waals surface area contributed by atoms with E-state index in [1.807, 2.05) is 0 Å². The number of amides is 1. The number of morpholine rings is 1. The Bertz CT molecular complexity index is 1090. The number of aliphatic hydroxyl groups excluding tert-OH is 1. The highest BCUT2D eigenvalue weighted by Gasteiger charge is 2.47. The highest BCUT2D eigenvalue weighted by atomic mass is 19.1. The van der Waals surface area contributed by atoms with Crippen LogP contribution in [0.4, 0.5) is 4.39 Å². The zero-order valence-electron chi connectivity index (χ0n) is 18.5. The molecule has 0 aromatic heterocycles. The summed E-state index contributed by atoms with van der Waals surface area (Å²) in [5, 5.41) is 21.3. The molecule has 0 bridgehead atoms. The molecule has 0 radical (unpaired) electrons. The van der Waals surface area contributed by atoms with E-state index in [-0.39, 0.29) is 29.0 Å². The topological polar surface area (TPSA) is 90.3 Å². The van der Waals surface area contributed by atoms with E-state index in [9.17, 15) is 24.2 Å². The molecule has 2 aromatic carbocycles. The van der Waals surface area contributed by atoms with E-state index in [2.05, 4.69) is 4.90 Å². The van der Waals surface area contributed by atoms with Crippen molar-refractivity contribution in [1.29, 1.82) is 0 Å². The smallest absolute Gasteiger partial charge is 0.295 e. The van der Waals surface area contributed by atoms with E-state index in [4.69, 9.17) is 4.74 Å². The molecule has 33 heavy (non-hydrogen) atoms. The van der Waals surface area contributed by atoms with E-state index in [0.717, 1.165) is 18.7 Å². The number of phenolic OH excluding ortho intramolecular Hbond substituents is 1. The molecule has 2 fully saturated rings. The van der Waals surface area contributed by atoms with Crippen molar-refractivity contribution < 1.29 is 28.9 Å². The number of benzene rings is 2. The van der Waals surface area contributed by atoms with E-state index >= 15 is 0 Å². The lowest BCUT2D eigenvalue weighted by molar-refractivity contribution is -0.140. The average Bonchev–Trinajstić information content (AvgIpc) is 3.06. The zero-order chi connectivity index (χ0) is 23.5. The van der Waals surface area contributed by atoms with Crippen molar-refractivity contribution in [1.82, 2.24) is 9.80 Å². The van der Waals surface area contributed by atoms with Crippen molar-refractivity contribution in [3.63, 3.8) is 0 Å². The number of aliphatic hydroxyl groups is 1. The molecule has 2 aliphatic rings. The first-order chi connectivity index (χ1) is 15.9. The van der Waals surface area contributed by atoms with Gasteiger partial charge in [-0.25, -0.2) is 4.39 Å². The highest BCUT2D eigenvalue weighted by molar-refractivity contribution is 6.46. The Morgan fingerprint density at radius 2 is 1.85 bits per heavy atom. The summed E-state index contributed by atoms with van der Waals surface area (Å²) in [7, 11) is 0. The molecule has 2 heterocycles. The van der Waals surface area contributed by atoms with Gasteiger partial charge in [-0.15, -0.1) is 0 Å². The van der Waals surface area contributed by atoms with E-state index in [1.54, 1.807) is 19.1 Å². The maximum atomic E-state index is 14.8. The lowest BCUT2D eigenvalue weighted by Gasteiger charge is -2.29. The number of aromatic hydroxyl groups is 1. The Hall–Kier alpha value is -3.23. The van der Waals surface area contributed by atoms with Crippen LogP contribution in [0.25, 0.3) is 5.76 Å². The minimum atomic E-state index is -1.09. The fourth-order valence-corrected chi connectivity index (χ4v) is 4.40. The van der Waals surface area contributed by atoms with Gasteiger partial charge in [0.2, 0.25) is 0 Å². The Balaban J connectivity index is 1.72. The number of halogens is 1. The first-order valence-electron chi connectivity index (χ1n) is 11.0. The molecule has 0 unspecified atom stereocenters. The molecule has 0 spiro atoms. The fraction of sp³-hybridized carbons (Fsp3) is 0.360. The van der Waals surface area contributed by atoms with Crippen LogP contribution in [0.5, 0.6) is 5.75 Å². The van der Waals surface area contributed by atoms with E-state index in [0.29, 0.717) is 26.2 Å². The number of ether oxygens (including phenoxy) is 1. The first kappa shape index (κ1) is 22.9. The number of phenols is 1. The molecule has 7 nitrogen and oxygen atoms in total. The summed E-state index contributed by atoms with van der Waals surface area (Å²) in [5.41, 5.74) is 0.674. The maximum absolute atomic E-state index is 14.8. The zero-order valence-corrected chi connectivity index (χ0v) is 18.5. The quantitative estimate of drug-likeness (QED) is 0.396. The number of Topliss-reactive ketones (excluding diaryl/α,β-unsaturated/α-hetero) is 1. The Morgan fingerprint density at radius 3 is 2.58 bits per heavy atom. The standard InChI is InChI=1S/C25H27FN2O5/c1-16-7-8-20(29)18(15-16)23(30)21-22(17-5-2-3-6-19(17)26)28(25(32)24(21)31)10-4-9-27-11-13-33-14-12-27/h2-3,5-8,15,22,29-30H,4,9-14H2,1H3/t22-/m1/s1. The summed E-state index contributed by atoms with van der Waals surface area (Å²) >= 11 is 0. The van der Waals surface area contributed by atoms with Crippen LogP contribution in [0.15, 0.2) is 48.0 Å². The number of aryl methyl sites for hydroxylation is 1. The minimum absolute atomic E-state index is 0.0302. The van der Waals surface area contributed by atoms with Gasteiger partial charge in [-0.05, 0) is 31.5 Å². The van der Waals surface area contributed by atoms with Crippen molar-refractivity contribution in [2.24, 2.45) is 0 Å². The molecular weight excluding hydrogens is 427 g/mol. The Kier molecular flexibility index (Phi) is 6.76. The van der Waals surface area contributed by atoms with Gasteiger partial charge in [0.1, 0.15) is 17.3 Å². The largest absolute Gasteiger partial charge is 0.507 e. The lowest BCUT2D eigenvalue weighted by Crippen LogP contribution is -2.39. The van der Waals surface area contributed by atoms with Crippen molar-refractivity contribution in [2.45, 2.75) is 19.4 Å².